The van der Waals surface area contributed by atoms with E-state index in [1.165, 1.54) is 17.2 Å². The molecular formula is C31H34N2O5S. The monoisotopic (exact) mass is 546 g/mol. The van der Waals surface area contributed by atoms with Crippen molar-refractivity contribution in [2.45, 2.75) is 52.4 Å². The van der Waals surface area contributed by atoms with Crippen LogP contribution in [0.2, 0.25) is 0 Å². The minimum atomic E-state index is -0.867. The molecule has 2 aromatic carbocycles. The van der Waals surface area contributed by atoms with Gasteiger partial charge in [0.1, 0.15) is 10.5 Å². The Labute approximate surface area is 231 Å². The molecule has 0 saturated carbocycles. The number of ether oxygens (including phenoxy) is 2. The fourth-order valence-corrected chi connectivity index (χ4v) is 5.86. The number of nitrogens with two attached hydrogens (primary N) is 1. The molecule has 39 heavy (non-hydrogen) atoms. The summed E-state index contributed by atoms with van der Waals surface area (Å²) in [5.74, 6) is -1.57. The Kier molecular flexibility index (Phi) is 8.25. The second-order valence-corrected chi connectivity index (χ2v) is 11.1. The normalized spacial score (nSPS) is 15.6. The molecule has 0 radical (unpaired) electrons. The lowest BCUT2D eigenvalue weighted by Gasteiger charge is -2.27. The van der Waals surface area contributed by atoms with Crippen LogP contribution >= 0.6 is 11.3 Å². The Balaban J connectivity index is 2.04. The van der Waals surface area contributed by atoms with Crippen molar-refractivity contribution in [1.29, 1.82) is 0 Å². The number of methoxy groups -OCH3 is 1. The summed E-state index contributed by atoms with van der Waals surface area (Å²) in [5.41, 5.74) is 10.2. The van der Waals surface area contributed by atoms with E-state index >= 15 is 0 Å². The molecule has 1 aromatic heterocycles. The molecule has 0 unspecified atom stereocenters. The molecule has 0 amide bonds. The number of thiazole rings is 1. The highest BCUT2D eigenvalue weighted by atomic mass is 32.1. The molecule has 0 bridgehead atoms. The van der Waals surface area contributed by atoms with Crippen molar-refractivity contribution in [2.75, 3.05) is 13.7 Å². The summed E-state index contributed by atoms with van der Waals surface area (Å²) in [4.78, 5) is 40.3. The van der Waals surface area contributed by atoms with Gasteiger partial charge in [-0.15, -0.1) is 11.3 Å². The molecule has 0 saturated heterocycles. The summed E-state index contributed by atoms with van der Waals surface area (Å²) >= 11 is 1.15. The van der Waals surface area contributed by atoms with Gasteiger partial charge in [-0.25, -0.2) is 9.59 Å². The maximum Gasteiger partial charge on any atom is 0.338 e. The minimum absolute atomic E-state index is 0.0368. The molecule has 1 atom stereocenters. The molecule has 204 valence electrons. The number of esters is 2. The van der Waals surface area contributed by atoms with Gasteiger partial charge >= 0.3 is 11.9 Å². The van der Waals surface area contributed by atoms with E-state index in [0.29, 0.717) is 26.6 Å². The van der Waals surface area contributed by atoms with E-state index in [-0.39, 0.29) is 23.6 Å². The first-order valence-electron chi connectivity index (χ1n) is 13.0. The fourth-order valence-electron chi connectivity index (χ4n) is 4.70. The van der Waals surface area contributed by atoms with E-state index in [2.05, 4.69) is 27.7 Å². The van der Waals surface area contributed by atoms with Crippen LogP contribution in [0.25, 0.3) is 17.5 Å². The molecule has 1 aliphatic heterocycles. The predicted molar refractivity (Wildman–Crippen MR) is 155 cm³/mol. The van der Waals surface area contributed by atoms with E-state index < -0.39 is 23.4 Å². The SMILES string of the molecule is CCOC(=O)C1=C(N)n2c(s/c(=C\c3ccc(C(C)C)cc3)c2=O)=C(C(=O)OC)[C@H]1c1ccc(C(C)C)cc1. The van der Waals surface area contributed by atoms with Crippen molar-refractivity contribution in [3.8, 4) is 0 Å². The largest absolute Gasteiger partial charge is 0.466 e. The second-order valence-electron chi connectivity index (χ2n) is 10.1. The number of aromatic nitrogens is 1. The van der Waals surface area contributed by atoms with Crippen LogP contribution in [0.4, 0.5) is 0 Å². The Bertz CT molecular complexity index is 1610. The summed E-state index contributed by atoms with van der Waals surface area (Å²) in [6.45, 7) is 10.2. The molecule has 2 N–H and O–H groups in total. The van der Waals surface area contributed by atoms with Crippen molar-refractivity contribution < 1.29 is 19.1 Å². The van der Waals surface area contributed by atoms with Gasteiger partial charge in [0.25, 0.3) is 5.56 Å². The molecule has 0 spiro atoms. The van der Waals surface area contributed by atoms with Crippen molar-refractivity contribution in [1.82, 2.24) is 4.57 Å². The second kappa shape index (κ2) is 11.5. The van der Waals surface area contributed by atoms with Gasteiger partial charge in [0.15, 0.2) is 0 Å². The van der Waals surface area contributed by atoms with Crippen LogP contribution in [0.1, 0.15) is 74.6 Å². The van der Waals surface area contributed by atoms with Crippen LogP contribution in [0.5, 0.6) is 0 Å². The minimum Gasteiger partial charge on any atom is -0.466 e. The van der Waals surface area contributed by atoms with Crippen molar-refractivity contribution in [3.63, 3.8) is 0 Å². The summed E-state index contributed by atoms with van der Waals surface area (Å²) in [7, 11) is 1.28. The van der Waals surface area contributed by atoms with Gasteiger partial charge in [-0.2, -0.15) is 0 Å². The Morgan fingerprint density at radius 3 is 2.03 bits per heavy atom. The molecule has 1 aliphatic rings. The third-order valence-electron chi connectivity index (χ3n) is 6.89. The fraction of sp³-hybridized carbons (Fsp3) is 0.323. The maximum absolute atomic E-state index is 13.7. The van der Waals surface area contributed by atoms with E-state index in [1.54, 1.807) is 13.0 Å². The number of rotatable bonds is 7. The van der Waals surface area contributed by atoms with Gasteiger partial charge in [0.05, 0.1) is 35.3 Å². The van der Waals surface area contributed by atoms with E-state index in [4.69, 9.17) is 15.2 Å². The number of benzene rings is 2. The zero-order valence-corrected chi connectivity index (χ0v) is 23.9. The third kappa shape index (κ3) is 5.34. The van der Waals surface area contributed by atoms with Crippen LogP contribution in [0.3, 0.4) is 0 Å². The van der Waals surface area contributed by atoms with Gasteiger partial charge in [-0.1, -0.05) is 76.2 Å². The highest BCUT2D eigenvalue weighted by Crippen LogP contribution is 2.38. The number of fused-ring (bicyclic) bond motifs is 1. The highest BCUT2D eigenvalue weighted by Gasteiger charge is 2.39. The lowest BCUT2D eigenvalue weighted by Crippen LogP contribution is -2.41. The van der Waals surface area contributed by atoms with E-state index in [1.807, 2.05) is 48.5 Å². The van der Waals surface area contributed by atoms with Gasteiger partial charge in [-0.3, -0.25) is 9.36 Å². The van der Waals surface area contributed by atoms with Crippen LogP contribution in [-0.2, 0) is 19.1 Å². The first kappa shape index (κ1) is 28.1. The van der Waals surface area contributed by atoms with Crippen molar-refractivity contribution in [3.05, 3.63) is 95.9 Å². The third-order valence-corrected chi connectivity index (χ3v) is 7.99. The standard InChI is InChI=1S/C31H34N2O5S/c1-7-38-31(36)25-24(22-14-12-21(13-15-22)18(4)5)26(30(35)37-6)29-33(27(25)32)28(34)23(39-29)16-19-8-10-20(11-9-19)17(2)3/h8-18,24H,7,32H2,1-6H3/b23-16-/t24-/m0/s1. The number of carbonyl (C=O) groups excluding carboxylic acids is 2. The quantitative estimate of drug-likeness (QED) is 0.453. The van der Waals surface area contributed by atoms with Crippen molar-refractivity contribution in [2.24, 2.45) is 5.73 Å². The van der Waals surface area contributed by atoms with Gasteiger partial charge in [-0.05, 0) is 47.1 Å². The Hall–Kier alpha value is -3.91. The van der Waals surface area contributed by atoms with E-state index in [9.17, 15) is 14.4 Å². The summed E-state index contributed by atoms with van der Waals surface area (Å²) in [6, 6.07) is 15.6. The topological polar surface area (TPSA) is 101 Å². The molecule has 3 aromatic rings. The van der Waals surface area contributed by atoms with Crippen LogP contribution in [0, 0.1) is 0 Å². The molecule has 4 rings (SSSR count). The van der Waals surface area contributed by atoms with Crippen molar-refractivity contribution >= 4 is 40.7 Å². The molecule has 7 nitrogen and oxygen atoms in total. The molecule has 2 heterocycles. The van der Waals surface area contributed by atoms with Gasteiger partial charge in [0.2, 0.25) is 0 Å². The first-order valence-corrected chi connectivity index (χ1v) is 13.8. The highest BCUT2D eigenvalue weighted by molar-refractivity contribution is 7.07. The molecular weight excluding hydrogens is 512 g/mol. The van der Waals surface area contributed by atoms with Gasteiger partial charge in [0, 0.05) is 0 Å². The maximum atomic E-state index is 13.7. The lowest BCUT2D eigenvalue weighted by atomic mass is 9.82. The average molecular weight is 547 g/mol. The lowest BCUT2D eigenvalue weighted by molar-refractivity contribution is -0.138. The number of hydrogen-bond donors (Lipinski definition) is 1. The Morgan fingerprint density at radius 2 is 1.51 bits per heavy atom. The molecule has 0 aliphatic carbocycles. The number of hydrogen-bond acceptors (Lipinski definition) is 7. The zero-order valence-electron chi connectivity index (χ0n) is 23.1. The number of carbonyl (C=O) groups is 2. The summed E-state index contributed by atoms with van der Waals surface area (Å²) in [5, 5.41) is 0. The smallest absolute Gasteiger partial charge is 0.338 e. The summed E-state index contributed by atoms with van der Waals surface area (Å²) < 4.78 is 12.5. The number of nitrogens with zero attached hydrogens (tertiary/aromatic N) is 1. The van der Waals surface area contributed by atoms with Crippen LogP contribution in [0.15, 0.2) is 58.9 Å². The van der Waals surface area contributed by atoms with Crippen LogP contribution in [-0.4, -0.2) is 30.2 Å². The van der Waals surface area contributed by atoms with E-state index in [0.717, 1.165) is 22.5 Å². The van der Waals surface area contributed by atoms with Crippen LogP contribution < -0.4 is 20.5 Å². The molecule has 8 heteroatoms. The molecule has 0 fully saturated rings. The first-order chi connectivity index (χ1) is 18.6. The average Bonchev–Trinajstić information content (AvgIpc) is 3.24. The zero-order chi connectivity index (χ0) is 28.4. The Morgan fingerprint density at radius 1 is 0.949 bits per heavy atom. The van der Waals surface area contributed by atoms with Gasteiger partial charge < -0.3 is 15.2 Å². The summed E-state index contributed by atoms with van der Waals surface area (Å²) in [6.07, 6.45) is 1.76. The predicted octanol–water partition coefficient (Wildman–Crippen LogP) is 3.80.